The normalized spacial score (nSPS) is 21.1. The number of sulfonamides is 1. The minimum atomic E-state index is -3.94. The monoisotopic (exact) mass is 377 g/mol. The van der Waals surface area contributed by atoms with Gasteiger partial charge in [-0.3, -0.25) is 10.1 Å². The summed E-state index contributed by atoms with van der Waals surface area (Å²) in [7, 11) is -3.94. The Morgan fingerprint density at radius 3 is 2.33 bits per heavy atom. The highest BCUT2D eigenvalue weighted by atomic mass is 35.5. The number of piperidine rings is 1. The molecule has 9 heteroatoms. The average Bonchev–Trinajstić information content (AvgIpc) is 2.43. The third-order valence-electron chi connectivity index (χ3n) is 4.67. The van der Waals surface area contributed by atoms with E-state index in [1.54, 1.807) is 13.8 Å². The maximum absolute atomic E-state index is 13.0. The lowest BCUT2D eigenvalue weighted by Gasteiger charge is -2.41. The fourth-order valence-corrected chi connectivity index (χ4v) is 4.64. The summed E-state index contributed by atoms with van der Waals surface area (Å²) >= 11 is 0. The van der Waals surface area contributed by atoms with Crippen LogP contribution < -0.4 is 5.73 Å². The molecule has 1 aliphatic heterocycles. The van der Waals surface area contributed by atoms with Gasteiger partial charge >= 0.3 is 0 Å². The molecule has 1 atom stereocenters. The molecule has 0 saturated carbocycles. The van der Waals surface area contributed by atoms with E-state index < -0.39 is 14.9 Å². The Kier molecular flexibility index (Phi) is 6.03. The smallest absolute Gasteiger partial charge is 0.289 e. The molecule has 2 rings (SSSR count). The van der Waals surface area contributed by atoms with Crippen LogP contribution in [0.2, 0.25) is 0 Å². The Balaban J connectivity index is 0.00000288. The second kappa shape index (κ2) is 6.95. The van der Waals surface area contributed by atoms with Crippen molar-refractivity contribution in [1.82, 2.24) is 4.31 Å². The molecule has 1 fully saturated rings. The van der Waals surface area contributed by atoms with Crippen LogP contribution in [0, 0.1) is 29.4 Å². The summed E-state index contributed by atoms with van der Waals surface area (Å²) in [5, 5.41) is 11.3. The Morgan fingerprint density at radius 2 is 1.83 bits per heavy atom. The number of hydrogen-bond acceptors (Lipinski definition) is 5. The topological polar surface area (TPSA) is 107 Å². The largest absolute Gasteiger partial charge is 0.327 e. The molecule has 0 aliphatic carbocycles. The van der Waals surface area contributed by atoms with Crippen molar-refractivity contribution in [2.75, 3.05) is 13.1 Å². The third kappa shape index (κ3) is 3.72. The summed E-state index contributed by atoms with van der Waals surface area (Å²) in [6.45, 7) is 7.82. The number of aryl methyl sites for hydroxylation is 2. The number of halogens is 1. The van der Waals surface area contributed by atoms with E-state index in [2.05, 4.69) is 0 Å². The van der Waals surface area contributed by atoms with Crippen molar-refractivity contribution in [2.24, 2.45) is 11.1 Å². The Labute approximate surface area is 148 Å². The summed E-state index contributed by atoms with van der Waals surface area (Å²) in [4.78, 5) is 10.4. The van der Waals surface area contributed by atoms with E-state index in [1.807, 2.05) is 13.8 Å². The summed E-state index contributed by atoms with van der Waals surface area (Å²) < 4.78 is 27.2. The van der Waals surface area contributed by atoms with Crippen LogP contribution in [-0.2, 0) is 10.0 Å². The number of nitrogens with two attached hydrogens (primary N) is 1. The fraction of sp³-hybridized carbons (Fsp3) is 0.600. The van der Waals surface area contributed by atoms with Gasteiger partial charge in [0.05, 0.1) is 4.92 Å². The molecule has 1 aromatic rings. The quantitative estimate of drug-likeness (QED) is 0.642. The van der Waals surface area contributed by atoms with Gasteiger partial charge in [0.25, 0.3) is 5.69 Å². The Bertz CT molecular complexity index is 749. The van der Waals surface area contributed by atoms with Crippen molar-refractivity contribution in [3.8, 4) is 0 Å². The van der Waals surface area contributed by atoms with Gasteiger partial charge in [0.2, 0.25) is 10.0 Å². The van der Waals surface area contributed by atoms with E-state index in [0.29, 0.717) is 17.5 Å². The summed E-state index contributed by atoms with van der Waals surface area (Å²) in [6.07, 6.45) is 0.533. The van der Waals surface area contributed by atoms with Crippen LogP contribution >= 0.6 is 12.4 Å². The fourth-order valence-electron chi connectivity index (χ4n) is 2.79. The highest BCUT2D eigenvalue weighted by Gasteiger charge is 2.41. The van der Waals surface area contributed by atoms with Gasteiger partial charge in [-0.1, -0.05) is 13.8 Å². The molecule has 7 nitrogen and oxygen atoms in total. The standard InChI is InChI=1S/C15H23N3O4S.ClH/c1-10-7-12(18(19)20)13(8-11(10)2)23(21,22)17-6-5-14(16)15(3,4)9-17;/h7-8,14H,5-6,9,16H2,1-4H3;1H. The first-order valence-corrected chi connectivity index (χ1v) is 8.92. The van der Waals surface area contributed by atoms with Gasteiger partial charge < -0.3 is 5.73 Å². The van der Waals surface area contributed by atoms with Gasteiger partial charge in [-0.2, -0.15) is 4.31 Å². The Hall–Kier alpha value is -1.22. The molecular weight excluding hydrogens is 354 g/mol. The van der Waals surface area contributed by atoms with Crippen LogP contribution in [0.5, 0.6) is 0 Å². The molecule has 0 radical (unpaired) electrons. The number of nitro groups is 1. The van der Waals surface area contributed by atoms with E-state index in [4.69, 9.17) is 5.73 Å². The highest BCUT2D eigenvalue weighted by Crippen LogP contribution is 2.35. The van der Waals surface area contributed by atoms with Gasteiger partial charge in [0, 0.05) is 25.2 Å². The van der Waals surface area contributed by atoms with Crippen LogP contribution in [0.15, 0.2) is 17.0 Å². The second-order valence-electron chi connectivity index (χ2n) is 6.88. The van der Waals surface area contributed by atoms with Crippen molar-refractivity contribution in [2.45, 2.75) is 45.1 Å². The van der Waals surface area contributed by atoms with E-state index in [1.165, 1.54) is 16.4 Å². The predicted octanol–water partition coefficient (Wildman–Crippen LogP) is 2.38. The zero-order valence-corrected chi connectivity index (χ0v) is 15.9. The van der Waals surface area contributed by atoms with Crippen LogP contribution in [0.3, 0.4) is 0 Å². The van der Waals surface area contributed by atoms with Gasteiger partial charge in [0.15, 0.2) is 4.90 Å². The Morgan fingerprint density at radius 1 is 1.29 bits per heavy atom. The lowest BCUT2D eigenvalue weighted by Crippen LogP contribution is -2.53. The number of hydrogen-bond donors (Lipinski definition) is 1. The predicted molar refractivity (Wildman–Crippen MR) is 95.0 cm³/mol. The minimum Gasteiger partial charge on any atom is -0.327 e. The first-order chi connectivity index (χ1) is 10.5. The van der Waals surface area contributed by atoms with Crippen molar-refractivity contribution in [1.29, 1.82) is 0 Å². The molecule has 1 aromatic carbocycles. The maximum Gasteiger partial charge on any atom is 0.289 e. The number of rotatable bonds is 3. The maximum atomic E-state index is 13.0. The molecule has 0 aromatic heterocycles. The molecule has 0 bridgehead atoms. The van der Waals surface area contributed by atoms with Crippen molar-refractivity contribution >= 4 is 28.1 Å². The van der Waals surface area contributed by atoms with E-state index >= 15 is 0 Å². The van der Waals surface area contributed by atoms with Gasteiger partial charge in [-0.15, -0.1) is 12.4 Å². The van der Waals surface area contributed by atoms with Crippen LogP contribution in [0.4, 0.5) is 5.69 Å². The number of benzene rings is 1. The summed E-state index contributed by atoms with van der Waals surface area (Å²) in [5.74, 6) is 0. The summed E-state index contributed by atoms with van der Waals surface area (Å²) in [6, 6.07) is 2.62. The lowest BCUT2D eigenvalue weighted by atomic mass is 9.81. The minimum absolute atomic E-state index is 0. The first kappa shape index (κ1) is 20.8. The van der Waals surface area contributed by atoms with Crippen molar-refractivity contribution < 1.29 is 13.3 Å². The molecule has 24 heavy (non-hydrogen) atoms. The number of nitro benzene ring substituents is 1. The van der Waals surface area contributed by atoms with Gasteiger partial charge in [-0.25, -0.2) is 8.42 Å². The van der Waals surface area contributed by atoms with E-state index in [9.17, 15) is 18.5 Å². The van der Waals surface area contributed by atoms with E-state index in [-0.39, 0.29) is 47.5 Å². The first-order valence-electron chi connectivity index (χ1n) is 7.48. The molecule has 1 heterocycles. The second-order valence-corrected chi connectivity index (χ2v) is 8.79. The molecule has 1 saturated heterocycles. The molecule has 1 aliphatic rings. The SMILES string of the molecule is Cc1cc([N+](=O)[O-])c(S(=O)(=O)N2CCC(N)C(C)(C)C2)cc1C.Cl. The molecular formula is C15H24ClN3O4S. The molecule has 1 unspecified atom stereocenters. The molecule has 0 amide bonds. The summed E-state index contributed by atoms with van der Waals surface area (Å²) in [5.41, 5.74) is 6.70. The zero-order valence-electron chi connectivity index (χ0n) is 14.3. The van der Waals surface area contributed by atoms with Crippen molar-refractivity contribution in [3.05, 3.63) is 33.4 Å². The lowest BCUT2D eigenvalue weighted by molar-refractivity contribution is -0.387. The highest BCUT2D eigenvalue weighted by molar-refractivity contribution is 7.89. The third-order valence-corrected chi connectivity index (χ3v) is 6.54. The zero-order chi connectivity index (χ0) is 17.6. The molecule has 136 valence electrons. The molecule has 2 N–H and O–H groups in total. The van der Waals surface area contributed by atoms with E-state index in [0.717, 1.165) is 0 Å². The van der Waals surface area contributed by atoms with Gasteiger partial charge in [-0.05, 0) is 42.9 Å². The van der Waals surface area contributed by atoms with Crippen molar-refractivity contribution in [3.63, 3.8) is 0 Å². The van der Waals surface area contributed by atoms with Crippen LogP contribution in [-0.4, -0.2) is 36.8 Å². The van der Waals surface area contributed by atoms with Crippen LogP contribution in [0.25, 0.3) is 0 Å². The average molecular weight is 378 g/mol. The van der Waals surface area contributed by atoms with Gasteiger partial charge in [0.1, 0.15) is 0 Å². The number of nitrogens with zero attached hydrogens (tertiary/aromatic N) is 2. The van der Waals surface area contributed by atoms with Crippen LogP contribution in [0.1, 0.15) is 31.4 Å². The molecule has 0 spiro atoms.